The maximum absolute atomic E-state index is 6.07. The van der Waals surface area contributed by atoms with Gasteiger partial charge in [0.25, 0.3) is 0 Å². The Bertz CT molecular complexity index is 515. The fourth-order valence-corrected chi connectivity index (χ4v) is 4.56. The SMILES string of the molecule is CC1CN(C(CN)c2cc(Br)c3c(c2)OCCO3)CCS1. The van der Waals surface area contributed by atoms with Crippen LogP contribution in [0.4, 0.5) is 0 Å². The van der Waals surface area contributed by atoms with Gasteiger partial charge in [-0.25, -0.2) is 0 Å². The second-order valence-corrected chi connectivity index (χ2v) is 7.86. The molecule has 0 saturated carbocycles. The molecular weight excluding hydrogens is 352 g/mol. The van der Waals surface area contributed by atoms with E-state index in [2.05, 4.69) is 39.9 Å². The van der Waals surface area contributed by atoms with Crippen molar-refractivity contribution in [2.75, 3.05) is 38.6 Å². The first-order valence-corrected chi connectivity index (χ1v) is 9.18. The maximum Gasteiger partial charge on any atom is 0.175 e. The standard InChI is InChI=1S/C15H21BrN2O2S/c1-10-9-18(2-5-21-10)13(8-17)11-6-12(16)15-14(7-11)19-3-4-20-15/h6-7,10,13H,2-5,8-9,17H2,1H3. The summed E-state index contributed by atoms with van der Waals surface area (Å²) < 4.78 is 12.3. The van der Waals surface area contributed by atoms with Gasteiger partial charge in [0.1, 0.15) is 13.2 Å². The third kappa shape index (κ3) is 3.33. The van der Waals surface area contributed by atoms with Crippen LogP contribution in [-0.4, -0.2) is 48.8 Å². The highest BCUT2D eigenvalue weighted by atomic mass is 79.9. The average molecular weight is 373 g/mol. The Balaban J connectivity index is 1.88. The number of nitrogens with zero attached hydrogens (tertiary/aromatic N) is 1. The quantitative estimate of drug-likeness (QED) is 0.883. The van der Waals surface area contributed by atoms with Crippen LogP contribution in [0.5, 0.6) is 11.5 Å². The van der Waals surface area contributed by atoms with Crippen LogP contribution in [0.2, 0.25) is 0 Å². The minimum absolute atomic E-state index is 0.237. The summed E-state index contributed by atoms with van der Waals surface area (Å²) >= 11 is 5.63. The largest absolute Gasteiger partial charge is 0.486 e. The van der Waals surface area contributed by atoms with Crippen molar-refractivity contribution in [1.29, 1.82) is 0 Å². The number of ether oxygens (including phenoxy) is 2. The highest BCUT2D eigenvalue weighted by Crippen LogP contribution is 2.41. The predicted molar refractivity (Wildman–Crippen MR) is 90.4 cm³/mol. The lowest BCUT2D eigenvalue weighted by molar-refractivity contribution is 0.168. The maximum atomic E-state index is 6.07. The molecule has 0 radical (unpaired) electrons. The molecule has 2 heterocycles. The summed E-state index contributed by atoms with van der Waals surface area (Å²) in [5, 5.41) is 0.661. The molecule has 116 valence electrons. The molecule has 2 aliphatic heterocycles. The van der Waals surface area contributed by atoms with Gasteiger partial charge in [0.05, 0.1) is 4.47 Å². The van der Waals surface area contributed by atoms with Gasteiger partial charge in [0, 0.05) is 36.7 Å². The van der Waals surface area contributed by atoms with Crippen molar-refractivity contribution in [2.24, 2.45) is 5.73 Å². The summed E-state index contributed by atoms with van der Waals surface area (Å²) in [6, 6.07) is 4.45. The minimum Gasteiger partial charge on any atom is -0.486 e. The number of rotatable bonds is 3. The molecule has 21 heavy (non-hydrogen) atoms. The molecule has 0 amide bonds. The van der Waals surface area contributed by atoms with Gasteiger partial charge < -0.3 is 15.2 Å². The van der Waals surface area contributed by atoms with E-state index in [1.54, 1.807) is 0 Å². The Morgan fingerprint density at radius 2 is 2.24 bits per heavy atom. The third-order valence-electron chi connectivity index (χ3n) is 3.94. The van der Waals surface area contributed by atoms with Gasteiger partial charge in [-0.1, -0.05) is 6.92 Å². The summed E-state index contributed by atoms with van der Waals surface area (Å²) in [5.41, 5.74) is 7.27. The van der Waals surface area contributed by atoms with Gasteiger partial charge >= 0.3 is 0 Å². The molecule has 2 unspecified atom stereocenters. The van der Waals surface area contributed by atoms with E-state index in [0.717, 1.165) is 29.1 Å². The summed E-state index contributed by atoms with van der Waals surface area (Å²) in [5.74, 6) is 2.80. The van der Waals surface area contributed by atoms with Crippen LogP contribution in [0.3, 0.4) is 0 Å². The van der Waals surface area contributed by atoms with Crippen LogP contribution in [0.15, 0.2) is 16.6 Å². The second kappa shape index (κ2) is 6.77. The third-order valence-corrected chi connectivity index (χ3v) is 5.67. The lowest BCUT2D eigenvalue weighted by atomic mass is 10.0. The molecular formula is C15H21BrN2O2S. The van der Waals surface area contributed by atoms with E-state index in [-0.39, 0.29) is 6.04 Å². The molecule has 6 heteroatoms. The first-order chi connectivity index (χ1) is 10.2. The van der Waals surface area contributed by atoms with Crippen molar-refractivity contribution in [2.45, 2.75) is 18.2 Å². The first kappa shape index (κ1) is 15.5. The Hall–Kier alpha value is -0.430. The van der Waals surface area contributed by atoms with E-state index < -0.39 is 0 Å². The van der Waals surface area contributed by atoms with Crippen LogP contribution in [0, 0.1) is 0 Å². The van der Waals surface area contributed by atoms with Gasteiger partial charge in [-0.2, -0.15) is 11.8 Å². The number of hydrogen-bond acceptors (Lipinski definition) is 5. The normalized spacial score (nSPS) is 23.9. The van der Waals surface area contributed by atoms with Crippen LogP contribution in [0.1, 0.15) is 18.5 Å². The molecule has 3 rings (SSSR count). The van der Waals surface area contributed by atoms with Crippen molar-refractivity contribution < 1.29 is 9.47 Å². The highest BCUT2D eigenvalue weighted by molar-refractivity contribution is 9.10. The smallest absolute Gasteiger partial charge is 0.175 e. The van der Waals surface area contributed by atoms with E-state index >= 15 is 0 Å². The number of fused-ring (bicyclic) bond motifs is 1. The van der Waals surface area contributed by atoms with Crippen molar-refractivity contribution in [1.82, 2.24) is 4.90 Å². The summed E-state index contributed by atoms with van der Waals surface area (Å²) in [6.07, 6.45) is 0. The van der Waals surface area contributed by atoms with Crippen LogP contribution >= 0.6 is 27.7 Å². The molecule has 0 aromatic heterocycles. The van der Waals surface area contributed by atoms with Gasteiger partial charge in [0.15, 0.2) is 11.5 Å². The van der Waals surface area contributed by atoms with Gasteiger partial charge in [0.2, 0.25) is 0 Å². The summed E-state index contributed by atoms with van der Waals surface area (Å²) in [6.45, 7) is 6.27. The van der Waals surface area contributed by atoms with Crippen molar-refractivity contribution in [3.05, 3.63) is 22.2 Å². The summed E-state index contributed by atoms with van der Waals surface area (Å²) in [4.78, 5) is 2.49. The highest BCUT2D eigenvalue weighted by Gasteiger charge is 2.26. The number of halogens is 1. The zero-order valence-electron chi connectivity index (χ0n) is 12.2. The van der Waals surface area contributed by atoms with Gasteiger partial charge in [-0.15, -0.1) is 0 Å². The molecule has 2 atom stereocenters. The number of nitrogens with two attached hydrogens (primary N) is 1. The number of benzene rings is 1. The monoisotopic (exact) mass is 372 g/mol. The lowest BCUT2D eigenvalue weighted by Crippen LogP contribution is -2.42. The van der Waals surface area contributed by atoms with E-state index in [0.29, 0.717) is 25.0 Å². The predicted octanol–water partition coefficient (Wildman–Crippen LogP) is 2.66. The zero-order valence-corrected chi connectivity index (χ0v) is 14.6. The molecule has 2 aliphatic rings. The molecule has 4 nitrogen and oxygen atoms in total. The molecule has 0 bridgehead atoms. The van der Waals surface area contributed by atoms with E-state index in [1.165, 1.54) is 11.3 Å². The molecule has 2 N–H and O–H groups in total. The second-order valence-electron chi connectivity index (χ2n) is 5.45. The van der Waals surface area contributed by atoms with Crippen LogP contribution in [0.25, 0.3) is 0 Å². The molecule has 0 spiro atoms. The topological polar surface area (TPSA) is 47.7 Å². The minimum atomic E-state index is 0.237. The Morgan fingerprint density at radius 3 is 3.00 bits per heavy atom. The Kier molecular flexibility index (Phi) is 4.99. The van der Waals surface area contributed by atoms with Crippen LogP contribution in [-0.2, 0) is 0 Å². The average Bonchev–Trinajstić information content (AvgIpc) is 2.48. The number of thioether (sulfide) groups is 1. The van der Waals surface area contributed by atoms with Crippen molar-refractivity contribution in [3.63, 3.8) is 0 Å². The fourth-order valence-electron chi connectivity index (χ4n) is 2.95. The van der Waals surface area contributed by atoms with Crippen LogP contribution < -0.4 is 15.2 Å². The molecule has 1 saturated heterocycles. The Labute approximate surface area is 138 Å². The van der Waals surface area contributed by atoms with Gasteiger partial charge in [-0.05, 0) is 33.6 Å². The summed E-state index contributed by atoms with van der Waals surface area (Å²) in [7, 11) is 0. The van der Waals surface area contributed by atoms with Crippen molar-refractivity contribution >= 4 is 27.7 Å². The number of hydrogen-bond donors (Lipinski definition) is 1. The molecule has 1 aromatic rings. The Morgan fingerprint density at radius 1 is 1.43 bits per heavy atom. The molecule has 1 fully saturated rings. The van der Waals surface area contributed by atoms with E-state index in [4.69, 9.17) is 15.2 Å². The van der Waals surface area contributed by atoms with E-state index in [9.17, 15) is 0 Å². The zero-order chi connectivity index (χ0) is 14.8. The molecule has 1 aromatic carbocycles. The lowest BCUT2D eigenvalue weighted by Gasteiger charge is -2.37. The van der Waals surface area contributed by atoms with E-state index in [1.807, 2.05) is 11.8 Å². The fraction of sp³-hybridized carbons (Fsp3) is 0.600. The van der Waals surface area contributed by atoms with Crippen molar-refractivity contribution in [3.8, 4) is 11.5 Å². The first-order valence-electron chi connectivity index (χ1n) is 7.34. The van der Waals surface area contributed by atoms with Gasteiger partial charge in [-0.3, -0.25) is 4.90 Å². The molecule has 0 aliphatic carbocycles.